The number of furan rings is 1. The van der Waals surface area contributed by atoms with Gasteiger partial charge < -0.3 is 30.6 Å². The van der Waals surface area contributed by atoms with Gasteiger partial charge in [0.1, 0.15) is 22.8 Å². The highest BCUT2D eigenvalue weighted by Gasteiger charge is 2.63. The molecule has 42 heavy (non-hydrogen) atoms. The smallest absolute Gasteiger partial charge is 0.255 e. The van der Waals surface area contributed by atoms with Crippen LogP contribution in [0, 0.1) is 11.8 Å². The second kappa shape index (κ2) is 10.1. The van der Waals surface area contributed by atoms with Crippen molar-refractivity contribution in [3.8, 4) is 16.9 Å². The third-order valence-corrected chi connectivity index (χ3v) is 9.48. The average molecular weight is 578 g/mol. The fraction of sp³-hybridized carbons (Fsp3) is 0.452. The van der Waals surface area contributed by atoms with Crippen LogP contribution in [0.2, 0.25) is 0 Å². The Labute approximate surface area is 242 Å². The van der Waals surface area contributed by atoms with Gasteiger partial charge in [-0.1, -0.05) is 6.42 Å². The Bertz CT molecular complexity index is 1550. The van der Waals surface area contributed by atoms with Crippen LogP contribution in [-0.4, -0.2) is 86.5 Å². The van der Waals surface area contributed by atoms with Gasteiger partial charge in [0, 0.05) is 29.2 Å². The molecular weight excluding hydrogens is 542 g/mol. The first-order valence-electron chi connectivity index (χ1n) is 14.2. The van der Waals surface area contributed by atoms with Crippen molar-refractivity contribution in [2.75, 3.05) is 27.2 Å². The van der Waals surface area contributed by atoms with Gasteiger partial charge in [-0.25, -0.2) is 0 Å². The number of primary amides is 1. The predicted molar refractivity (Wildman–Crippen MR) is 151 cm³/mol. The van der Waals surface area contributed by atoms with E-state index >= 15 is 0 Å². The van der Waals surface area contributed by atoms with Crippen molar-refractivity contribution in [3.05, 3.63) is 64.0 Å². The number of nitrogens with two attached hydrogens (primary N) is 1. The number of carbonyl (C=O) groups excluding carboxylic acids is 3. The minimum atomic E-state index is -2.67. The van der Waals surface area contributed by atoms with Crippen molar-refractivity contribution < 1.29 is 39.2 Å². The lowest BCUT2D eigenvalue weighted by Crippen LogP contribution is -2.63. The normalized spacial score (nSPS) is 28.1. The zero-order chi connectivity index (χ0) is 30.1. The molecule has 0 unspecified atom stereocenters. The molecule has 1 aliphatic heterocycles. The summed E-state index contributed by atoms with van der Waals surface area (Å²) in [5.41, 5.74) is 4.36. The van der Waals surface area contributed by atoms with Gasteiger partial charge in [0.15, 0.2) is 11.4 Å². The number of aliphatic hydroxyl groups is 3. The predicted octanol–water partition coefficient (Wildman–Crippen LogP) is 2.37. The lowest BCUT2D eigenvalue weighted by Gasteiger charge is -2.50. The van der Waals surface area contributed by atoms with Gasteiger partial charge in [-0.2, -0.15) is 0 Å². The topological polar surface area (TPSA) is 178 Å². The van der Waals surface area contributed by atoms with Gasteiger partial charge in [-0.05, 0) is 82.0 Å². The second-order valence-electron chi connectivity index (χ2n) is 12.1. The number of carbonyl (C=O) groups is 3. The third kappa shape index (κ3) is 4.02. The van der Waals surface area contributed by atoms with Gasteiger partial charge in [0.25, 0.3) is 5.91 Å². The maximum atomic E-state index is 14.3. The quantitative estimate of drug-likeness (QED) is 0.331. The van der Waals surface area contributed by atoms with Gasteiger partial charge in [0.05, 0.1) is 24.1 Å². The van der Waals surface area contributed by atoms with Crippen LogP contribution in [0.3, 0.4) is 0 Å². The minimum Gasteiger partial charge on any atom is -0.510 e. The molecule has 0 bridgehead atoms. The highest BCUT2D eigenvalue weighted by atomic mass is 16.3. The Morgan fingerprint density at radius 3 is 2.50 bits per heavy atom. The fourth-order valence-corrected chi connectivity index (χ4v) is 7.53. The van der Waals surface area contributed by atoms with Gasteiger partial charge in [0.2, 0.25) is 5.78 Å². The van der Waals surface area contributed by atoms with E-state index in [9.17, 15) is 34.8 Å². The third-order valence-electron chi connectivity index (χ3n) is 9.48. The summed E-state index contributed by atoms with van der Waals surface area (Å²) in [4.78, 5) is 43.8. The first-order valence-corrected chi connectivity index (χ1v) is 14.2. The number of phenols is 1. The van der Waals surface area contributed by atoms with E-state index in [4.69, 9.17) is 10.2 Å². The van der Waals surface area contributed by atoms with Crippen LogP contribution < -0.4 is 5.73 Å². The average Bonchev–Trinajstić information content (AvgIpc) is 3.47. The largest absolute Gasteiger partial charge is 0.510 e. The Kier molecular flexibility index (Phi) is 6.79. The van der Waals surface area contributed by atoms with Gasteiger partial charge in [-0.3, -0.25) is 24.2 Å². The molecule has 6 N–H and O–H groups in total. The fourth-order valence-electron chi connectivity index (χ4n) is 7.53. The number of piperidine rings is 1. The van der Waals surface area contributed by atoms with E-state index in [1.165, 1.54) is 11.2 Å². The van der Waals surface area contributed by atoms with E-state index in [1.54, 1.807) is 26.4 Å². The molecule has 11 heteroatoms. The van der Waals surface area contributed by atoms with Crippen molar-refractivity contribution >= 4 is 17.5 Å². The Morgan fingerprint density at radius 2 is 1.88 bits per heavy atom. The molecule has 1 amide bonds. The highest BCUT2D eigenvalue weighted by Crippen LogP contribution is 2.53. The molecule has 4 aliphatic rings. The van der Waals surface area contributed by atoms with Crippen LogP contribution in [0.4, 0.5) is 0 Å². The number of amides is 1. The second-order valence-corrected chi connectivity index (χ2v) is 12.1. The molecule has 0 saturated carbocycles. The molecule has 3 aliphatic carbocycles. The molecule has 1 fully saturated rings. The number of allylic oxidation sites excluding steroid dienone is 1. The molecule has 1 aromatic carbocycles. The monoisotopic (exact) mass is 577 g/mol. The summed E-state index contributed by atoms with van der Waals surface area (Å²) in [6.45, 7) is 2.16. The number of rotatable bonds is 5. The number of ketones is 2. The number of Topliss-reactive ketones (excluding diaryl/α,β-unsaturated/α-hetero) is 2. The van der Waals surface area contributed by atoms with E-state index in [0.29, 0.717) is 17.7 Å². The number of likely N-dealkylation sites (tertiary alicyclic amines) is 1. The zero-order valence-corrected chi connectivity index (χ0v) is 23.6. The molecule has 0 radical (unpaired) electrons. The number of aliphatic hydroxyl groups excluding tert-OH is 2. The lowest BCUT2D eigenvalue weighted by atomic mass is 9.58. The first-order chi connectivity index (χ1) is 20.0. The summed E-state index contributed by atoms with van der Waals surface area (Å²) in [5, 5.41) is 45.9. The maximum Gasteiger partial charge on any atom is 0.255 e. The summed E-state index contributed by atoms with van der Waals surface area (Å²) < 4.78 is 5.35. The van der Waals surface area contributed by atoms with Crippen LogP contribution in [0.15, 0.2) is 51.7 Å². The van der Waals surface area contributed by atoms with Crippen molar-refractivity contribution in [1.29, 1.82) is 0 Å². The first kappa shape index (κ1) is 28.2. The Balaban J connectivity index is 1.53. The van der Waals surface area contributed by atoms with Crippen molar-refractivity contribution in [2.45, 2.75) is 50.3 Å². The summed E-state index contributed by atoms with van der Waals surface area (Å²) in [6.07, 6.45) is 6.57. The van der Waals surface area contributed by atoms with Crippen molar-refractivity contribution in [3.63, 3.8) is 0 Å². The molecule has 0 spiro atoms. The van der Waals surface area contributed by atoms with Gasteiger partial charge in [-0.15, -0.1) is 0 Å². The highest BCUT2D eigenvalue weighted by molar-refractivity contribution is 6.25. The number of phenolic OH excluding ortho intramolecular Hbond substituents is 1. The number of fused-ring (bicyclic) bond motifs is 3. The maximum absolute atomic E-state index is 14.3. The molecule has 6 rings (SSSR count). The van der Waals surface area contributed by atoms with E-state index in [-0.39, 0.29) is 29.7 Å². The minimum absolute atomic E-state index is 0.0153. The van der Waals surface area contributed by atoms with Crippen LogP contribution >= 0.6 is 0 Å². The molecule has 11 nitrogen and oxygen atoms in total. The van der Waals surface area contributed by atoms with Crippen LogP contribution in [0.25, 0.3) is 11.1 Å². The van der Waals surface area contributed by atoms with Gasteiger partial charge >= 0.3 is 0 Å². The van der Waals surface area contributed by atoms with Crippen molar-refractivity contribution in [1.82, 2.24) is 9.80 Å². The molecule has 1 aromatic heterocycles. The number of nitrogens with zero attached hydrogens (tertiary/aromatic N) is 2. The summed E-state index contributed by atoms with van der Waals surface area (Å²) in [6, 6.07) is 2.62. The standard InChI is InChI=1S/C31H35N3O8/c1-33(2)24-20-12-16-10-19-18(15-6-9-42-14-15)11-17(13-34-7-4-3-5-8-34)25(35)22(19)26(36)21(16)28(38)31(20,41)29(39)23(27(24)37)30(32)40/h6,9,11,14,16,20,24,35,37-38,41H,3-5,7-8,10,12-13H2,1-2H3,(H2,32,40)/t16-,20-,24+,31-/m0/s1. The van der Waals surface area contributed by atoms with E-state index in [0.717, 1.165) is 43.5 Å². The SMILES string of the molecule is CN(C)[C@H]1C(O)=C(C(N)=O)C(=O)[C@@]2(O)C(O)=C3C(=O)c4c(O)c(CN5CCCCC5)cc(-c5ccoc5)c4C[C@H]3C[C@@H]12. The molecule has 4 atom stereocenters. The summed E-state index contributed by atoms with van der Waals surface area (Å²) in [7, 11) is 3.21. The molecule has 1 saturated heterocycles. The van der Waals surface area contributed by atoms with Crippen LogP contribution in [0.5, 0.6) is 5.75 Å². The van der Waals surface area contributed by atoms with E-state index in [2.05, 4.69) is 4.90 Å². The summed E-state index contributed by atoms with van der Waals surface area (Å²) >= 11 is 0. The number of likely N-dealkylation sites (N-methyl/N-ethyl adjacent to an activating group) is 1. The Hall–Kier alpha value is -3.93. The zero-order valence-electron chi connectivity index (χ0n) is 23.6. The lowest BCUT2D eigenvalue weighted by molar-refractivity contribution is -0.148. The molecular formula is C31H35N3O8. The molecule has 2 heterocycles. The summed E-state index contributed by atoms with van der Waals surface area (Å²) in [5.74, 6) is -6.57. The number of hydrogen-bond donors (Lipinski definition) is 5. The number of hydrogen-bond acceptors (Lipinski definition) is 10. The van der Waals surface area contributed by atoms with Crippen LogP contribution in [0.1, 0.15) is 47.2 Å². The van der Waals surface area contributed by atoms with E-state index < -0.39 is 58.0 Å². The number of aromatic hydroxyl groups is 1. The van der Waals surface area contributed by atoms with Crippen LogP contribution in [-0.2, 0) is 22.6 Å². The van der Waals surface area contributed by atoms with E-state index in [1.807, 2.05) is 6.07 Å². The Morgan fingerprint density at radius 1 is 1.17 bits per heavy atom. The molecule has 2 aromatic rings. The van der Waals surface area contributed by atoms with Crippen molar-refractivity contribution in [2.24, 2.45) is 17.6 Å². The molecule has 222 valence electrons. The number of benzene rings is 1.